The summed E-state index contributed by atoms with van der Waals surface area (Å²) in [5.41, 5.74) is 4.06. The lowest BCUT2D eigenvalue weighted by Crippen LogP contribution is -2.33. The highest BCUT2D eigenvalue weighted by atomic mass is 16.5. The van der Waals surface area contributed by atoms with Gasteiger partial charge in [-0.1, -0.05) is 24.3 Å². The molecule has 0 atom stereocenters. The van der Waals surface area contributed by atoms with Crippen molar-refractivity contribution < 1.29 is 4.74 Å². The van der Waals surface area contributed by atoms with E-state index in [1.165, 1.54) is 5.22 Å². The molecule has 0 bridgehead atoms. The second-order valence-electron chi connectivity index (χ2n) is 3.05. The molecule has 0 fully saturated rings. The fraction of sp³-hybridized carbons (Fsp3) is 0.100. The van der Waals surface area contributed by atoms with E-state index in [9.17, 15) is 0 Å². The van der Waals surface area contributed by atoms with Crippen LogP contribution in [0.5, 0.6) is 0 Å². The second-order valence-corrected chi connectivity index (χ2v) is 3.05. The van der Waals surface area contributed by atoms with E-state index in [0.717, 1.165) is 17.3 Å². The minimum absolute atomic E-state index is 0.707. The summed E-state index contributed by atoms with van der Waals surface area (Å²) in [5, 5.41) is 6.38. The summed E-state index contributed by atoms with van der Waals surface area (Å²) in [7, 11) is 0. The van der Waals surface area contributed by atoms with Crippen LogP contribution in [0.3, 0.4) is 0 Å². The minimum atomic E-state index is 0.707. The van der Waals surface area contributed by atoms with Gasteiger partial charge in [-0.2, -0.15) is 0 Å². The third-order valence-corrected chi connectivity index (χ3v) is 2.28. The number of nitrogens with one attached hydrogen (secondary N) is 1. The Bertz CT molecular complexity index is 502. The summed E-state index contributed by atoms with van der Waals surface area (Å²) in [6, 6.07) is 8.16. The zero-order chi connectivity index (χ0) is 8.67. The SMILES string of the molecule is C1=c2ccccc2=C2CNN=C2O1. The molecule has 0 aliphatic carbocycles. The molecule has 0 spiro atoms. The molecule has 2 aliphatic rings. The molecule has 13 heavy (non-hydrogen) atoms. The van der Waals surface area contributed by atoms with Gasteiger partial charge in [-0.05, 0) is 5.22 Å². The van der Waals surface area contributed by atoms with Crippen LogP contribution in [0, 0.1) is 0 Å². The molecule has 3 heteroatoms. The monoisotopic (exact) mass is 172 g/mol. The topological polar surface area (TPSA) is 33.6 Å². The number of hydrogen-bond acceptors (Lipinski definition) is 3. The number of fused-ring (bicyclic) bond motifs is 2. The van der Waals surface area contributed by atoms with Crippen molar-refractivity contribution in [3.63, 3.8) is 0 Å². The predicted molar refractivity (Wildman–Crippen MR) is 50.1 cm³/mol. The van der Waals surface area contributed by atoms with Crippen LogP contribution in [-0.4, -0.2) is 12.4 Å². The molecule has 1 N–H and O–H groups in total. The van der Waals surface area contributed by atoms with E-state index in [4.69, 9.17) is 4.74 Å². The minimum Gasteiger partial charge on any atom is -0.445 e. The molecule has 2 aliphatic heterocycles. The van der Waals surface area contributed by atoms with Crippen LogP contribution < -0.4 is 15.9 Å². The van der Waals surface area contributed by atoms with Gasteiger partial charge in [0, 0.05) is 10.8 Å². The smallest absolute Gasteiger partial charge is 0.241 e. The Balaban J connectivity index is 2.46. The molecular weight excluding hydrogens is 164 g/mol. The normalized spacial score (nSPS) is 17.5. The van der Waals surface area contributed by atoms with Crippen LogP contribution in [0.15, 0.2) is 29.4 Å². The molecule has 64 valence electrons. The van der Waals surface area contributed by atoms with Gasteiger partial charge in [0.05, 0.1) is 6.54 Å². The van der Waals surface area contributed by atoms with E-state index < -0.39 is 0 Å². The zero-order valence-electron chi connectivity index (χ0n) is 6.95. The Morgan fingerprint density at radius 3 is 3.23 bits per heavy atom. The van der Waals surface area contributed by atoms with Crippen LogP contribution in [0.4, 0.5) is 0 Å². The predicted octanol–water partition coefficient (Wildman–Crippen LogP) is -0.478. The van der Waals surface area contributed by atoms with Crippen LogP contribution in [-0.2, 0) is 4.74 Å². The molecule has 3 rings (SSSR count). The molecule has 3 nitrogen and oxygen atoms in total. The lowest BCUT2D eigenvalue weighted by atomic mass is 10.1. The zero-order valence-corrected chi connectivity index (χ0v) is 6.95. The maximum absolute atomic E-state index is 5.35. The number of hydrogen-bond donors (Lipinski definition) is 1. The number of nitrogens with zero attached hydrogens (tertiary/aromatic N) is 1. The fourth-order valence-corrected chi connectivity index (χ4v) is 1.64. The lowest BCUT2D eigenvalue weighted by Gasteiger charge is -2.06. The first-order chi connectivity index (χ1) is 6.45. The average Bonchev–Trinajstić information content (AvgIpc) is 2.65. The van der Waals surface area contributed by atoms with Crippen molar-refractivity contribution in [2.75, 3.05) is 6.54 Å². The molecule has 0 aromatic heterocycles. The fourth-order valence-electron chi connectivity index (χ4n) is 1.64. The van der Waals surface area contributed by atoms with Gasteiger partial charge in [0.1, 0.15) is 6.26 Å². The Labute approximate surface area is 75.0 Å². The summed E-state index contributed by atoms with van der Waals surface area (Å²) in [6.07, 6.45) is 1.74. The highest BCUT2D eigenvalue weighted by molar-refractivity contribution is 6.16. The maximum atomic E-state index is 5.35. The van der Waals surface area contributed by atoms with Crippen molar-refractivity contribution >= 4 is 17.7 Å². The van der Waals surface area contributed by atoms with Gasteiger partial charge in [-0.15, -0.1) is 5.10 Å². The standard InChI is InChI=1S/C10H8N2O/c1-2-4-8-7(3-1)6-13-10-9(8)5-11-12-10/h1-4,6,11H,5H2. The largest absolute Gasteiger partial charge is 0.445 e. The Kier molecular flexibility index (Phi) is 1.22. The van der Waals surface area contributed by atoms with Gasteiger partial charge in [-0.3, -0.25) is 0 Å². The van der Waals surface area contributed by atoms with Gasteiger partial charge in [-0.25, -0.2) is 0 Å². The number of benzene rings is 1. The van der Waals surface area contributed by atoms with Crippen molar-refractivity contribution in [2.24, 2.45) is 5.10 Å². The maximum Gasteiger partial charge on any atom is 0.241 e. The third-order valence-electron chi connectivity index (χ3n) is 2.28. The highest BCUT2D eigenvalue weighted by Gasteiger charge is 2.17. The Hall–Kier alpha value is -1.77. The summed E-state index contributed by atoms with van der Waals surface area (Å²) in [4.78, 5) is 0. The summed E-state index contributed by atoms with van der Waals surface area (Å²) >= 11 is 0. The van der Waals surface area contributed by atoms with E-state index in [1.54, 1.807) is 6.26 Å². The Morgan fingerprint density at radius 1 is 1.31 bits per heavy atom. The first-order valence-corrected chi connectivity index (χ1v) is 4.21. The molecule has 1 aromatic rings. The molecule has 0 amide bonds. The summed E-state index contributed by atoms with van der Waals surface area (Å²) in [6.45, 7) is 0.764. The van der Waals surface area contributed by atoms with Crippen LogP contribution in [0.1, 0.15) is 0 Å². The second kappa shape index (κ2) is 2.36. The number of ether oxygens (including phenoxy) is 1. The lowest BCUT2D eigenvalue weighted by molar-refractivity contribution is 0.535. The Morgan fingerprint density at radius 2 is 2.23 bits per heavy atom. The van der Waals surface area contributed by atoms with E-state index in [2.05, 4.69) is 16.6 Å². The molecule has 2 heterocycles. The molecule has 0 unspecified atom stereocenters. The third kappa shape index (κ3) is 0.869. The quantitative estimate of drug-likeness (QED) is 0.573. The first-order valence-electron chi connectivity index (χ1n) is 4.21. The van der Waals surface area contributed by atoms with Gasteiger partial charge in [0.25, 0.3) is 0 Å². The van der Waals surface area contributed by atoms with Crippen LogP contribution in [0.25, 0.3) is 11.8 Å². The molecular formula is C10H8N2O. The summed E-state index contributed by atoms with van der Waals surface area (Å²) < 4.78 is 5.35. The number of rotatable bonds is 0. The van der Waals surface area contributed by atoms with Crippen molar-refractivity contribution in [3.8, 4) is 0 Å². The highest BCUT2D eigenvalue weighted by Crippen LogP contribution is 2.06. The van der Waals surface area contributed by atoms with E-state index >= 15 is 0 Å². The molecule has 0 saturated carbocycles. The van der Waals surface area contributed by atoms with E-state index in [0.29, 0.717) is 5.90 Å². The van der Waals surface area contributed by atoms with E-state index in [-0.39, 0.29) is 0 Å². The van der Waals surface area contributed by atoms with Crippen molar-refractivity contribution in [1.82, 2.24) is 5.43 Å². The summed E-state index contributed by atoms with van der Waals surface area (Å²) in [5.74, 6) is 0.707. The van der Waals surface area contributed by atoms with Crippen molar-refractivity contribution in [2.45, 2.75) is 0 Å². The van der Waals surface area contributed by atoms with Gasteiger partial charge in [0.2, 0.25) is 5.90 Å². The van der Waals surface area contributed by atoms with Gasteiger partial charge >= 0.3 is 0 Å². The van der Waals surface area contributed by atoms with Crippen molar-refractivity contribution in [1.29, 1.82) is 0 Å². The van der Waals surface area contributed by atoms with Crippen LogP contribution >= 0.6 is 0 Å². The first kappa shape index (κ1) is 6.71. The molecule has 0 saturated heterocycles. The molecule has 1 aromatic carbocycles. The van der Waals surface area contributed by atoms with Gasteiger partial charge in [0.15, 0.2) is 0 Å². The van der Waals surface area contributed by atoms with Gasteiger partial charge < -0.3 is 10.2 Å². The molecule has 0 radical (unpaired) electrons. The number of hydrazone groups is 1. The van der Waals surface area contributed by atoms with Crippen LogP contribution in [0.2, 0.25) is 0 Å². The average molecular weight is 172 g/mol. The van der Waals surface area contributed by atoms with E-state index in [1.807, 2.05) is 18.2 Å². The van der Waals surface area contributed by atoms with Crippen molar-refractivity contribution in [3.05, 3.63) is 34.7 Å².